The maximum absolute atomic E-state index is 13.6. The van der Waals surface area contributed by atoms with E-state index in [1.807, 2.05) is 30.3 Å². The van der Waals surface area contributed by atoms with Gasteiger partial charge in [0.15, 0.2) is 0 Å². The fraction of sp³-hybridized carbons (Fsp3) is 0.419. The molecule has 2 aromatic carbocycles. The highest BCUT2D eigenvalue weighted by molar-refractivity contribution is 7.89. The van der Waals surface area contributed by atoms with Gasteiger partial charge in [-0.3, -0.25) is 9.78 Å². The van der Waals surface area contributed by atoms with Crippen LogP contribution in [0.4, 0.5) is 0 Å². The SMILES string of the molecule is CC1(C)COc2ccc(C3(C(=O)Cc4cccc(-c5ccc(S(=O)(=O)N6CCC[C@@H]6CO)cc5)n4)CC3)cc21. The van der Waals surface area contributed by atoms with Crippen LogP contribution in [0.3, 0.4) is 0 Å². The van der Waals surface area contributed by atoms with E-state index in [2.05, 4.69) is 19.9 Å². The van der Waals surface area contributed by atoms with E-state index < -0.39 is 15.4 Å². The number of aliphatic hydroxyl groups is 1. The predicted octanol–water partition coefficient (Wildman–Crippen LogP) is 4.41. The molecular formula is C31H34N2O5S. The fourth-order valence-electron chi connectivity index (χ4n) is 5.99. The number of hydrogen-bond donors (Lipinski definition) is 1. The van der Waals surface area contributed by atoms with Crippen molar-refractivity contribution in [2.45, 2.75) is 67.7 Å². The van der Waals surface area contributed by atoms with Gasteiger partial charge in [0.05, 0.1) is 29.2 Å². The first-order valence-electron chi connectivity index (χ1n) is 13.6. The van der Waals surface area contributed by atoms with Crippen molar-refractivity contribution >= 4 is 15.8 Å². The summed E-state index contributed by atoms with van der Waals surface area (Å²) in [5.41, 5.74) is 3.90. The Morgan fingerprint density at radius 3 is 2.59 bits per heavy atom. The first kappa shape index (κ1) is 26.2. The second-order valence-electron chi connectivity index (χ2n) is 11.7. The summed E-state index contributed by atoms with van der Waals surface area (Å²) in [5, 5.41) is 9.56. The van der Waals surface area contributed by atoms with Crippen molar-refractivity contribution in [1.82, 2.24) is 9.29 Å². The molecule has 1 saturated carbocycles. The van der Waals surface area contributed by atoms with Crippen LogP contribution in [0.25, 0.3) is 11.3 Å². The molecule has 3 heterocycles. The third-order valence-corrected chi connectivity index (χ3v) is 10.5. The van der Waals surface area contributed by atoms with E-state index in [1.165, 1.54) is 9.87 Å². The monoisotopic (exact) mass is 546 g/mol. The van der Waals surface area contributed by atoms with Gasteiger partial charge in [0.25, 0.3) is 0 Å². The molecule has 7 nitrogen and oxygen atoms in total. The molecule has 1 atom stereocenters. The average molecular weight is 547 g/mol. The number of ketones is 1. The Labute approximate surface area is 229 Å². The quantitative estimate of drug-likeness (QED) is 0.450. The van der Waals surface area contributed by atoms with Gasteiger partial charge in [0, 0.05) is 41.2 Å². The molecule has 0 unspecified atom stereocenters. The van der Waals surface area contributed by atoms with Crippen LogP contribution in [0.2, 0.25) is 0 Å². The van der Waals surface area contributed by atoms with Gasteiger partial charge in [-0.1, -0.05) is 44.2 Å². The minimum absolute atomic E-state index is 0.0652. The summed E-state index contributed by atoms with van der Waals surface area (Å²) in [6.45, 7) is 5.23. The molecular weight excluding hydrogens is 512 g/mol. The van der Waals surface area contributed by atoms with Crippen molar-refractivity contribution in [2.24, 2.45) is 0 Å². The average Bonchev–Trinajstić information content (AvgIpc) is 3.50. The summed E-state index contributed by atoms with van der Waals surface area (Å²) in [5.74, 6) is 1.09. The van der Waals surface area contributed by atoms with Crippen LogP contribution >= 0.6 is 0 Å². The number of carbonyl (C=O) groups excluding carboxylic acids is 1. The van der Waals surface area contributed by atoms with Crippen LogP contribution in [0.15, 0.2) is 65.6 Å². The number of aliphatic hydroxyl groups excluding tert-OH is 1. The Morgan fingerprint density at radius 2 is 1.87 bits per heavy atom. The lowest BCUT2D eigenvalue weighted by Crippen LogP contribution is -2.37. The number of carbonyl (C=O) groups is 1. The predicted molar refractivity (Wildman–Crippen MR) is 148 cm³/mol. The van der Waals surface area contributed by atoms with Gasteiger partial charge >= 0.3 is 0 Å². The van der Waals surface area contributed by atoms with Gasteiger partial charge in [-0.25, -0.2) is 8.42 Å². The highest BCUT2D eigenvalue weighted by Gasteiger charge is 2.51. The summed E-state index contributed by atoms with van der Waals surface area (Å²) in [7, 11) is -3.67. The zero-order valence-electron chi connectivity index (χ0n) is 22.4. The number of aromatic nitrogens is 1. The molecule has 0 radical (unpaired) electrons. The number of Topliss-reactive ketones (excluding diaryl/α,β-unsaturated/α-hetero) is 1. The Bertz CT molecular complexity index is 1530. The summed E-state index contributed by atoms with van der Waals surface area (Å²) in [6.07, 6.45) is 3.35. The van der Waals surface area contributed by atoms with Gasteiger partial charge in [-0.15, -0.1) is 0 Å². The molecule has 0 spiro atoms. The van der Waals surface area contributed by atoms with E-state index >= 15 is 0 Å². The molecule has 39 heavy (non-hydrogen) atoms. The van der Waals surface area contributed by atoms with Crippen molar-refractivity contribution in [2.75, 3.05) is 19.8 Å². The maximum Gasteiger partial charge on any atom is 0.243 e. The highest BCUT2D eigenvalue weighted by Crippen LogP contribution is 2.52. The van der Waals surface area contributed by atoms with Crippen LogP contribution in [0, 0.1) is 0 Å². The highest BCUT2D eigenvalue weighted by atomic mass is 32.2. The van der Waals surface area contributed by atoms with Crippen molar-refractivity contribution in [3.05, 3.63) is 77.5 Å². The molecule has 1 N–H and O–H groups in total. The second kappa shape index (κ2) is 9.54. The van der Waals surface area contributed by atoms with Crippen molar-refractivity contribution in [3.63, 3.8) is 0 Å². The fourth-order valence-corrected chi connectivity index (χ4v) is 7.67. The van der Waals surface area contributed by atoms with Crippen LogP contribution < -0.4 is 4.74 Å². The molecule has 204 valence electrons. The third-order valence-electron chi connectivity index (χ3n) is 8.57. The van der Waals surface area contributed by atoms with E-state index in [1.54, 1.807) is 24.3 Å². The number of benzene rings is 2. The second-order valence-corrected chi connectivity index (χ2v) is 13.6. The van der Waals surface area contributed by atoms with Gasteiger partial charge in [-0.05, 0) is 61.6 Å². The summed E-state index contributed by atoms with van der Waals surface area (Å²) in [4.78, 5) is 18.5. The van der Waals surface area contributed by atoms with Gasteiger partial charge in [0.1, 0.15) is 11.5 Å². The first-order valence-corrected chi connectivity index (χ1v) is 15.1. The summed E-state index contributed by atoms with van der Waals surface area (Å²) in [6, 6.07) is 18.2. The molecule has 6 rings (SSSR count). The molecule has 0 amide bonds. The number of rotatable bonds is 8. The molecule has 2 fully saturated rings. The molecule has 3 aliphatic rings. The van der Waals surface area contributed by atoms with Crippen LogP contribution in [0.1, 0.15) is 56.4 Å². The standard InChI is InChI=1S/C31H34N2O5S/c1-30(2)20-38-28-13-10-22(17-26(28)30)31(14-15-31)29(35)18-23-5-3-7-27(32-23)21-8-11-25(12-9-21)39(36,37)33-16-4-6-24(33)19-34/h3,5,7-13,17,24,34H,4,6,14-16,18-20H2,1-2H3/t24-/m1/s1. The largest absolute Gasteiger partial charge is 0.492 e. The molecule has 0 bridgehead atoms. The van der Waals surface area contributed by atoms with Crippen molar-refractivity contribution in [3.8, 4) is 17.0 Å². The summed E-state index contributed by atoms with van der Waals surface area (Å²) < 4.78 is 33.4. The zero-order chi connectivity index (χ0) is 27.4. The normalized spacial score (nSPS) is 21.4. The van der Waals surface area contributed by atoms with Crippen LogP contribution in [-0.2, 0) is 32.1 Å². The van der Waals surface area contributed by atoms with E-state index in [9.17, 15) is 18.3 Å². The first-order chi connectivity index (χ1) is 18.6. The maximum atomic E-state index is 13.6. The third kappa shape index (κ3) is 4.58. The number of sulfonamides is 1. The molecule has 8 heteroatoms. The lowest BCUT2D eigenvalue weighted by molar-refractivity contribution is -0.120. The van der Waals surface area contributed by atoms with Crippen LogP contribution in [0.5, 0.6) is 5.75 Å². The van der Waals surface area contributed by atoms with Crippen molar-refractivity contribution < 1.29 is 23.1 Å². The lowest BCUT2D eigenvalue weighted by atomic mass is 9.82. The van der Waals surface area contributed by atoms with E-state index in [4.69, 9.17) is 9.72 Å². The summed E-state index contributed by atoms with van der Waals surface area (Å²) >= 11 is 0. The molecule has 1 aliphatic carbocycles. The lowest BCUT2D eigenvalue weighted by Gasteiger charge is -2.22. The minimum atomic E-state index is -3.67. The van der Waals surface area contributed by atoms with Crippen LogP contribution in [-0.4, -0.2) is 54.4 Å². The smallest absolute Gasteiger partial charge is 0.243 e. The van der Waals surface area contributed by atoms with Crippen molar-refractivity contribution in [1.29, 1.82) is 0 Å². The van der Waals surface area contributed by atoms with Gasteiger partial charge < -0.3 is 9.84 Å². The Hall–Kier alpha value is -3.07. The zero-order valence-corrected chi connectivity index (χ0v) is 23.2. The van der Waals surface area contributed by atoms with E-state index in [-0.39, 0.29) is 35.2 Å². The van der Waals surface area contributed by atoms with Gasteiger partial charge in [0.2, 0.25) is 10.0 Å². The number of nitrogens with zero attached hydrogens (tertiary/aromatic N) is 2. The number of hydrogen-bond acceptors (Lipinski definition) is 6. The minimum Gasteiger partial charge on any atom is -0.492 e. The molecule has 3 aromatic rings. The topological polar surface area (TPSA) is 96.8 Å². The number of fused-ring (bicyclic) bond motifs is 1. The Kier molecular flexibility index (Phi) is 6.40. The molecule has 1 saturated heterocycles. The number of pyridine rings is 1. The molecule has 1 aromatic heterocycles. The Balaban J connectivity index is 1.20. The molecule has 2 aliphatic heterocycles. The van der Waals surface area contributed by atoms with E-state index in [0.29, 0.717) is 31.0 Å². The Morgan fingerprint density at radius 1 is 1.10 bits per heavy atom. The van der Waals surface area contributed by atoms with E-state index in [0.717, 1.165) is 36.1 Å². The number of ether oxygens (including phenoxy) is 1. The van der Waals surface area contributed by atoms with Gasteiger partial charge in [-0.2, -0.15) is 4.31 Å².